The van der Waals surface area contributed by atoms with Crippen LogP contribution in [0.25, 0.3) is 0 Å². The molecule has 13 heteroatoms. The molecule has 2 aromatic carbocycles. The minimum Gasteiger partial charge on any atom is -0.493 e. The van der Waals surface area contributed by atoms with Crippen LogP contribution < -0.4 is 4.74 Å². The van der Waals surface area contributed by atoms with Crippen LogP contribution in [0.2, 0.25) is 5.02 Å². The van der Waals surface area contributed by atoms with Gasteiger partial charge in [-0.05, 0) is 62.5 Å². The van der Waals surface area contributed by atoms with Crippen LogP contribution in [0.15, 0.2) is 47.4 Å². The number of likely N-dealkylation sites (tertiary alicyclic amines) is 2. The SMILES string of the molecule is CC(C)COc1ccccc1CN1CCC2(CC1)CCN(C(=O)c1ccc(Cl)cc1S(C)(=O)=O)C2OC(=O)C(F)(F)F. The van der Waals surface area contributed by atoms with Crippen LogP contribution in [0.4, 0.5) is 13.2 Å². The Morgan fingerprint density at radius 1 is 1.07 bits per heavy atom. The van der Waals surface area contributed by atoms with Gasteiger partial charge in [-0.25, -0.2) is 13.2 Å². The highest BCUT2D eigenvalue weighted by molar-refractivity contribution is 7.90. The van der Waals surface area contributed by atoms with E-state index in [4.69, 9.17) is 21.1 Å². The van der Waals surface area contributed by atoms with E-state index in [-0.39, 0.29) is 28.4 Å². The van der Waals surface area contributed by atoms with E-state index >= 15 is 0 Å². The molecule has 0 N–H and O–H groups in total. The smallest absolute Gasteiger partial charge is 0.491 e. The molecular weight excluding hydrogens is 597 g/mol. The fraction of sp³-hybridized carbons (Fsp3) is 0.517. The Hall–Kier alpha value is -2.83. The fourth-order valence-corrected chi connectivity index (χ4v) is 6.67. The summed E-state index contributed by atoms with van der Waals surface area (Å²) in [4.78, 5) is 28.6. The van der Waals surface area contributed by atoms with Crippen LogP contribution in [0.1, 0.15) is 49.0 Å². The number of alkyl halides is 3. The normalized spacial score (nSPS) is 19.3. The number of rotatable bonds is 8. The Kier molecular flexibility index (Phi) is 9.49. The van der Waals surface area contributed by atoms with Crippen LogP contribution in [0.5, 0.6) is 5.75 Å². The molecule has 2 aliphatic rings. The van der Waals surface area contributed by atoms with Crippen molar-refractivity contribution in [3.05, 3.63) is 58.6 Å². The molecule has 1 atom stereocenters. The van der Waals surface area contributed by atoms with E-state index in [2.05, 4.69) is 18.7 Å². The molecule has 0 bridgehead atoms. The number of carbonyl (C=O) groups excluding carboxylic acids is 2. The summed E-state index contributed by atoms with van der Waals surface area (Å²) in [5.74, 6) is -2.13. The highest BCUT2D eigenvalue weighted by atomic mass is 35.5. The standard InChI is InChI=1S/C29H34ClF3N2O6S/c1-19(2)18-40-23-7-5-4-6-20(23)17-34-13-10-28(11-14-34)12-15-35(26(28)41-27(37)29(31,32)33)25(36)22-9-8-21(30)16-24(22)42(3,38)39/h4-9,16,19,26H,10-15,17-18H2,1-3H3. The molecule has 0 saturated carbocycles. The number of hydrogen-bond donors (Lipinski definition) is 0. The second-order valence-corrected chi connectivity index (χ2v) is 13.8. The average molecular weight is 631 g/mol. The molecule has 2 aromatic rings. The third-order valence-electron chi connectivity index (χ3n) is 7.73. The number of benzene rings is 2. The number of sulfone groups is 1. The predicted molar refractivity (Wildman–Crippen MR) is 150 cm³/mol. The van der Waals surface area contributed by atoms with Gasteiger partial charge in [-0.1, -0.05) is 43.6 Å². The van der Waals surface area contributed by atoms with Gasteiger partial charge in [-0.15, -0.1) is 0 Å². The van der Waals surface area contributed by atoms with E-state index in [1.54, 1.807) is 0 Å². The summed E-state index contributed by atoms with van der Waals surface area (Å²) < 4.78 is 75.8. The zero-order valence-corrected chi connectivity index (χ0v) is 25.2. The van der Waals surface area contributed by atoms with E-state index in [1.807, 2.05) is 24.3 Å². The number of para-hydroxylation sites is 1. The van der Waals surface area contributed by atoms with Crippen LogP contribution in [-0.4, -0.2) is 75.0 Å². The molecule has 2 saturated heterocycles. The van der Waals surface area contributed by atoms with E-state index < -0.39 is 39.5 Å². The van der Waals surface area contributed by atoms with Crippen LogP contribution >= 0.6 is 11.6 Å². The van der Waals surface area contributed by atoms with Gasteiger partial charge in [0.05, 0.1) is 17.1 Å². The van der Waals surface area contributed by atoms with Gasteiger partial charge in [0.25, 0.3) is 5.91 Å². The molecule has 1 unspecified atom stereocenters. The van der Waals surface area contributed by atoms with Crippen LogP contribution in [-0.2, 0) is 25.9 Å². The Morgan fingerprint density at radius 2 is 1.71 bits per heavy atom. The molecule has 0 aromatic heterocycles. The van der Waals surface area contributed by atoms with Crippen molar-refractivity contribution in [2.24, 2.45) is 11.3 Å². The van der Waals surface area contributed by atoms with Crippen molar-refractivity contribution >= 4 is 33.3 Å². The molecule has 230 valence electrons. The summed E-state index contributed by atoms with van der Waals surface area (Å²) in [6.45, 7) is 6.19. The molecule has 8 nitrogen and oxygen atoms in total. The fourth-order valence-electron chi connectivity index (χ4n) is 5.54. The van der Waals surface area contributed by atoms with Crippen LogP contribution in [0, 0.1) is 11.3 Å². The maximum Gasteiger partial charge on any atom is 0.491 e. The lowest BCUT2D eigenvalue weighted by Crippen LogP contribution is -2.51. The molecular formula is C29H34ClF3N2O6S. The number of nitrogens with zero attached hydrogens (tertiary/aromatic N) is 2. The van der Waals surface area contributed by atoms with Crippen molar-refractivity contribution < 1.29 is 40.7 Å². The molecule has 0 aliphatic carbocycles. The highest BCUT2D eigenvalue weighted by Gasteiger charge is 2.55. The zero-order chi connectivity index (χ0) is 30.9. The second kappa shape index (κ2) is 12.4. The molecule has 1 spiro atoms. The molecule has 42 heavy (non-hydrogen) atoms. The van der Waals surface area contributed by atoms with Gasteiger partial charge in [-0.3, -0.25) is 9.69 Å². The van der Waals surface area contributed by atoms with Crippen molar-refractivity contribution in [2.75, 3.05) is 32.5 Å². The lowest BCUT2D eigenvalue weighted by atomic mass is 9.76. The monoisotopic (exact) mass is 630 g/mol. The maximum absolute atomic E-state index is 13.7. The Balaban J connectivity index is 1.57. The number of ether oxygens (including phenoxy) is 2. The number of hydrogen-bond acceptors (Lipinski definition) is 7. The van der Waals surface area contributed by atoms with Crippen molar-refractivity contribution in [1.29, 1.82) is 0 Å². The quantitative estimate of drug-likeness (QED) is 0.364. The van der Waals surface area contributed by atoms with E-state index in [1.165, 1.54) is 12.1 Å². The van der Waals surface area contributed by atoms with Crippen molar-refractivity contribution in [1.82, 2.24) is 9.80 Å². The first-order chi connectivity index (χ1) is 19.6. The maximum atomic E-state index is 13.7. The van der Waals surface area contributed by atoms with Gasteiger partial charge in [-0.2, -0.15) is 13.2 Å². The largest absolute Gasteiger partial charge is 0.493 e. The van der Waals surface area contributed by atoms with Crippen molar-refractivity contribution in [3.8, 4) is 5.75 Å². The highest BCUT2D eigenvalue weighted by Crippen LogP contribution is 2.47. The van der Waals surface area contributed by atoms with Crippen LogP contribution in [0.3, 0.4) is 0 Å². The summed E-state index contributed by atoms with van der Waals surface area (Å²) in [5.41, 5.74) is -0.200. The van der Waals surface area contributed by atoms with Gasteiger partial charge in [0, 0.05) is 35.3 Å². The Morgan fingerprint density at radius 3 is 2.33 bits per heavy atom. The minimum absolute atomic E-state index is 0.00760. The molecule has 0 radical (unpaired) electrons. The first-order valence-electron chi connectivity index (χ1n) is 13.6. The number of amides is 1. The number of piperidine rings is 1. The average Bonchev–Trinajstić information content (AvgIpc) is 3.25. The third kappa shape index (κ3) is 7.20. The summed E-state index contributed by atoms with van der Waals surface area (Å²) in [6, 6.07) is 11.3. The summed E-state index contributed by atoms with van der Waals surface area (Å²) in [5, 5.41) is 0.0773. The third-order valence-corrected chi connectivity index (χ3v) is 9.10. The summed E-state index contributed by atoms with van der Waals surface area (Å²) >= 11 is 5.97. The zero-order valence-electron chi connectivity index (χ0n) is 23.6. The molecule has 2 aliphatic heterocycles. The molecule has 2 fully saturated rings. The van der Waals surface area contributed by atoms with Gasteiger partial charge >= 0.3 is 12.1 Å². The minimum atomic E-state index is -5.27. The summed E-state index contributed by atoms with van der Waals surface area (Å²) in [7, 11) is -3.91. The molecule has 4 rings (SSSR count). The van der Waals surface area contributed by atoms with Crippen molar-refractivity contribution in [2.45, 2.75) is 57.0 Å². The van der Waals surface area contributed by atoms with Gasteiger partial charge in [0.15, 0.2) is 16.1 Å². The second-order valence-electron chi connectivity index (χ2n) is 11.4. The van der Waals surface area contributed by atoms with E-state index in [0.717, 1.165) is 28.5 Å². The number of esters is 1. The first-order valence-corrected chi connectivity index (χ1v) is 15.9. The lowest BCUT2D eigenvalue weighted by Gasteiger charge is -2.43. The van der Waals surface area contributed by atoms with Gasteiger partial charge in [0.2, 0.25) is 0 Å². The van der Waals surface area contributed by atoms with Crippen molar-refractivity contribution in [3.63, 3.8) is 0 Å². The molecule has 2 heterocycles. The van der Waals surface area contributed by atoms with E-state index in [0.29, 0.717) is 45.0 Å². The van der Waals surface area contributed by atoms with Gasteiger partial charge in [0.1, 0.15) is 5.75 Å². The summed E-state index contributed by atoms with van der Waals surface area (Å²) in [6.07, 6.45) is -4.87. The Bertz CT molecular complexity index is 1420. The van der Waals surface area contributed by atoms with Gasteiger partial charge < -0.3 is 14.4 Å². The van der Waals surface area contributed by atoms with E-state index in [9.17, 15) is 31.2 Å². The number of halogens is 4. The predicted octanol–water partition coefficient (Wildman–Crippen LogP) is 5.34. The lowest BCUT2D eigenvalue weighted by molar-refractivity contribution is -0.217. The molecule has 1 amide bonds. The topological polar surface area (TPSA) is 93.2 Å². The number of carbonyl (C=O) groups is 2. The Labute approximate surface area is 248 Å². The first kappa shape index (κ1) is 32.1.